The molecule has 0 radical (unpaired) electrons. The van der Waals surface area contributed by atoms with E-state index in [9.17, 15) is 0 Å². The van der Waals surface area contributed by atoms with Crippen molar-refractivity contribution in [1.82, 2.24) is 9.97 Å². The quantitative estimate of drug-likeness (QED) is 0.647. The summed E-state index contributed by atoms with van der Waals surface area (Å²) in [6, 6.07) is 16.7. The number of rotatable bonds is 3. The van der Waals surface area contributed by atoms with Crippen LogP contribution in [-0.2, 0) is 6.42 Å². The summed E-state index contributed by atoms with van der Waals surface area (Å²) in [6.07, 6.45) is 4.07. The molecule has 126 valence electrons. The molecule has 5 heteroatoms. The van der Waals surface area contributed by atoms with Crippen molar-refractivity contribution in [2.45, 2.75) is 19.8 Å². The molecule has 0 fully saturated rings. The molecule has 2 heterocycles. The average Bonchev–Trinajstić information content (AvgIpc) is 2.64. The van der Waals surface area contributed by atoms with E-state index in [4.69, 9.17) is 4.98 Å². The molecule has 0 bridgehead atoms. The lowest BCUT2D eigenvalue weighted by Crippen LogP contribution is -2.25. The highest BCUT2D eigenvalue weighted by Gasteiger charge is 2.19. The second-order valence-electron chi connectivity index (χ2n) is 6.21. The van der Waals surface area contributed by atoms with Crippen molar-refractivity contribution < 1.29 is 0 Å². The summed E-state index contributed by atoms with van der Waals surface area (Å²) in [5.74, 6) is 1.53. The Morgan fingerprint density at radius 2 is 2.00 bits per heavy atom. The summed E-state index contributed by atoms with van der Waals surface area (Å²) in [7, 11) is 0. The Balaban J connectivity index is 1.63. The van der Waals surface area contributed by atoms with E-state index in [0.717, 1.165) is 35.4 Å². The predicted molar refractivity (Wildman–Crippen MR) is 106 cm³/mol. The highest BCUT2D eigenvalue weighted by atomic mass is 79.9. The Morgan fingerprint density at radius 1 is 1.12 bits per heavy atom. The van der Waals surface area contributed by atoms with Crippen LogP contribution >= 0.6 is 15.9 Å². The lowest BCUT2D eigenvalue weighted by molar-refractivity contribution is 0.759. The molecular weight excluding hydrogens is 376 g/mol. The van der Waals surface area contributed by atoms with Crippen molar-refractivity contribution in [3.63, 3.8) is 0 Å². The SMILES string of the molecule is Cc1ccc(Nc2nccc(N3CCCc4ccccc43)n2)cc1Br. The Labute approximate surface area is 156 Å². The summed E-state index contributed by atoms with van der Waals surface area (Å²) in [5.41, 5.74) is 4.79. The molecule has 25 heavy (non-hydrogen) atoms. The molecule has 0 saturated carbocycles. The molecule has 0 saturated heterocycles. The fourth-order valence-corrected chi connectivity index (χ4v) is 3.51. The third-order valence-corrected chi connectivity index (χ3v) is 5.31. The summed E-state index contributed by atoms with van der Waals surface area (Å²) in [4.78, 5) is 11.4. The van der Waals surface area contributed by atoms with Gasteiger partial charge in [-0.15, -0.1) is 0 Å². The van der Waals surface area contributed by atoms with Crippen molar-refractivity contribution in [1.29, 1.82) is 0 Å². The average molecular weight is 395 g/mol. The highest BCUT2D eigenvalue weighted by Crippen LogP contribution is 2.32. The maximum Gasteiger partial charge on any atom is 0.229 e. The zero-order valence-corrected chi connectivity index (χ0v) is 15.6. The monoisotopic (exact) mass is 394 g/mol. The number of anilines is 4. The number of halogens is 1. The van der Waals surface area contributed by atoms with E-state index < -0.39 is 0 Å². The summed E-state index contributed by atoms with van der Waals surface area (Å²) in [6.45, 7) is 3.04. The predicted octanol–water partition coefficient (Wildman–Crippen LogP) is 5.38. The van der Waals surface area contributed by atoms with Crippen LogP contribution < -0.4 is 10.2 Å². The van der Waals surface area contributed by atoms with E-state index >= 15 is 0 Å². The normalized spacial score (nSPS) is 13.4. The van der Waals surface area contributed by atoms with Gasteiger partial charge in [0.25, 0.3) is 0 Å². The fourth-order valence-electron chi connectivity index (χ4n) is 3.13. The number of aromatic nitrogens is 2. The molecule has 1 aromatic heterocycles. The van der Waals surface area contributed by atoms with Crippen LogP contribution in [0.2, 0.25) is 0 Å². The van der Waals surface area contributed by atoms with Crippen molar-refractivity contribution in [2.75, 3.05) is 16.8 Å². The summed E-state index contributed by atoms with van der Waals surface area (Å²) < 4.78 is 1.07. The number of nitrogens with zero attached hydrogens (tertiary/aromatic N) is 3. The van der Waals surface area contributed by atoms with E-state index in [-0.39, 0.29) is 0 Å². The molecule has 2 aromatic carbocycles. The van der Waals surface area contributed by atoms with Crippen molar-refractivity contribution in [3.05, 3.63) is 70.3 Å². The van der Waals surface area contributed by atoms with Crippen LogP contribution in [0.15, 0.2) is 59.2 Å². The van der Waals surface area contributed by atoms with E-state index in [1.165, 1.54) is 16.8 Å². The fraction of sp³-hybridized carbons (Fsp3) is 0.200. The summed E-state index contributed by atoms with van der Waals surface area (Å²) >= 11 is 3.57. The van der Waals surface area contributed by atoms with Crippen LogP contribution in [0.5, 0.6) is 0 Å². The van der Waals surface area contributed by atoms with Gasteiger partial charge in [0.2, 0.25) is 5.95 Å². The standard InChI is InChI=1S/C20H19BrN4/c1-14-8-9-16(13-17(14)21)23-20-22-11-10-19(24-20)25-12-4-6-15-5-2-3-7-18(15)25/h2-3,5,7-11,13H,4,6,12H2,1H3,(H,22,23,24). The zero-order chi connectivity index (χ0) is 17.2. The van der Waals surface area contributed by atoms with Crippen molar-refractivity contribution >= 4 is 39.1 Å². The number of hydrogen-bond donors (Lipinski definition) is 1. The Hall–Kier alpha value is -2.40. The lowest BCUT2D eigenvalue weighted by Gasteiger charge is -2.30. The largest absolute Gasteiger partial charge is 0.326 e. The maximum atomic E-state index is 4.73. The lowest BCUT2D eigenvalue weighted by atomic mass is 10.0. The first-order valence-electron chi connectivity index (χ1n) is 8.42. The first-order chi connectivity index (χ1) is 12.2. The molecule has 1 aliphatic heterocycles. The molecule has 0 atom stereocenters. The van der Waals surface area contributed by atoms with Crippen LogP contribution in [-0.4, -0.2) is 16.5 Å². The van der Waals surface area contributed by atoms with Gasteiger partial charge in [-0.2, -0.15) is 4.98 Å². The van der Waals surface area contributed by atoms with E-state index in [1.807, 2.05) is 24.4 Å². The minimum absolute atomic E-state index is 0.608. The minimum atomic E-state index is 0.608. The third-order valence-electron chi connectivity index (χ3n) is 4.46. The molecule has 1 N–H and O–H groups in total. The first kappa shape index (κ1) is 16.1. The van der Waals surface area contributed by atoms with Gasteiger partial charge in [0, 0.05) is 28.6 Å². The van der Waals surface area contributed by atoms with Gasteiger partial charge in [-0.1, -0.05) is 40.2 Å². The zero-order valence-electron chi connectivity index (χ0n) is 14.0. The number of aryl methyl sites for hydroxylation is 2. The third kappa shape index (κ3) is 3.37. The Bertz CT molecular complexity index is 910. The highest BCUT2D eigenvalue weighted by molar-refractivity contribution is 9.10. The van der Waals surface area contributed by atoms with Crippen LogP contribution in [0.1, 0.15) is 17.5 Å². The first-order valence-corrected chi connectivity index (χ1v) is 9.22. The molecule has 4 nitrogen and oxygen atoms in total. The smallest absolute Gasteiger partial charge is 0.229 e. The number of hydrogen-bond acceptors (Lipinski definition) is 4. The van der Waals surface area contributed by atoms with Crippen LogP contribution in [0.4, 0.5) is 23.1 Å². The van der Waals surface area contributed by atoms with Gasteiger partial charge in [-0.3, -0.25) is 0 Å². The number of fused-ring (bicyclic) bond motifs is 1. The van der Waals surface area contributed by atoms with E-state index in [1.54, 1.807) is 0 Å². The van der Waals surface area contributed by atoms with Gasteiger partial charge in [0.05, 0.1) is 0 Å². The van der Waals surface area contributed by atoms with Gasteiger partial charge in [0.1, 0.15) is 5.82 Å². The second kappa shape index (κ2) is 6.84. The Morgan fingerprint density at radius 3 is 2.88 bits per heavy atom. The van der Waals surface area contributed by atoms with E-state index in [2.05, 4.69) is 68.4 Å². The van der Waals surface area contributed by atoms with Crippen LogP contribution in [0, 0.1) is 6.92 Å². The maximum absolute atomic E-state index is 4.73. The molecule has 0 spiro atoms. The van der Waals surface area contributed by atoms with E-state index in [0.29, 0.717) is 5.95 Å². The molecule has 0 aliphatic carbocycles. The molecule has 0 amide bonds. The molecule has 4 rings (SSSR count). The topological polar surface area (TPSA) is 41.1 Å². The van der Waals surface area contributed by atoms with Crippen LogP contribution in [0.25, 0.3) is 0 Å². The number of benzene rings is 2. The van der Waals surface area contributed by atoms with Crippen molar-refractivity contribution in [2.24, 2.45) is 0 Å². The van der Waals surface area contributed by atoms with Gasteiger partial charge in [-0.25, -0.2) is 4.98 Å². The van der Waals surface area contributed by atoms with Gasteiger partial charge < -0.3 is 10.2 Å². The molecular formula is C20H19BrN4. The summed E-state index contributed by atoms with van der Waals surface area (Å²) in [5, 5.41) is 3.30. The van der Waals surface area contributed by atoms with Crippen LogP contribution in [0.3, 0.4) is 0 Å². The minimum Gasteiger partial charge on any atom is -0.326 e. The molecule has 0 unspecified atom stereocenters. The Kier molecular flexibility index (Phi) is 4.40. The number of para-hydroxylation sites is 1. The molecule has 3 aromatic rings. The van der Waals surface area contributed by atoms with Crippen molar-refractivity contribution in [3.8, 4) is 0 Å². The van der Waals surface area contributed by atoms with Gasteiger partial charge >= 0.3 is 0 Å². The number of nitrogens with one attached hydrogen (secondary N) is 1. The molecule has 1 aliphatic rings. The van der Waals surface area contributed by atoms with Gasteiger partial charge in [-0.05, 0) is 55.2 Å². The van der Waals surface area contributed by atoms with Gasteiger partial charge in [0.15, 0.2) is 0 Å². The second-order valence-corrected chi connectivity index (χ2v) is 7.07.